The van der Waals surface area contributed by atoms with Gasteiger partial charge in [0.05, 0.1) is 22.6 Å². The quantitative estimate of drug-likeness (QED) is 0.474. The summed E-state index contributed by atoms with van der Waals surface area (Å²) in [6.07, 6.45) is 0.712. The van der Waals surface area contributed by atoms with Gasteiger partial charge in [0.2, 0.25) is 0 Å². The Kier molecular flexibility index (Phi) is 6.46. The summed E-state index contributed by atoms with van der Waals surface area (Å²) >= 11 is 14.6. The number of ether oxygens (including phenoxy) is 1. The van der Waals surface area contributed by atoms with Crippen molar-refractivity contribution in [3.8, 4) is 0 Å². The number of nitrogens with zero attached hydrogens (tertiary/aromatic N) is 1. The van der Waals surface area contributed by atoms with Crippen LogP contribution in [0.15, 0.2) is 36.4 Å². The van der Waals surface area contributed by atoms with Gasteiger partial charge in [-0.05, 0) is 23.6 Å². The van der Waals surface area contributed by atoms with Gasteiger partial charge in [-0.1, -0.05) is 53.5 Å². The number of esters is 1. The number of halogens is 2. The minimum absolute atomic E-state index is 0.291. The molecule has 1 amide bonds. The Labute approximate surface area is 192 Å². The molecule has 0 spiro atoms. The molecule has 3 aromatic rings. The highest BCUT2D eigenvalue weighted by Crippen LogP contribution is 2.39. The van der Waals surface area contributed by atoms with Crippen molar-refractivity contribution in [2.75, 3.05) is 19.0 Å². The number of anilines is 1. The Hall–Kier alpha value is -1.90. The lowest BCUT2D eigenvalue weighted by atomic mass is 10.0. The molecule has 1 aliphatic heterocycles. The summed E-state index contributed by atoms with van der Waals surface area (Å²) < 4.78 is 5.74. The summed E-state index contributed by atoms with van der Waals surface area (Å²) in [4.78, 5) is 28.6. The molecular weight excluding hydrogens is 463 g/mol. The smallest absolute Gasteiger partial charge is 0.341 e. The lowest BCUT2D eigenvalue weighted by Gasteiger charge is -2.27. The van der Waals surface area contributed by atoms with E-state index in [1.54, 1.807) is 0 Å². The van der Waals surface area contributed by atoms with Gasteiger partial charge in [-0.2, -0.15) is 0 Å². The van der Waals surface area contributed by atoms with Gasteiger partial charge < -0.3 is 10.1 Å². The number of carbonyl (C=O) groups is 2. The summed E-state index contributed by atoms with van der Waals surface area (Å²) in [6.45, 7) is 2.36. The molecule has 4 rings (SSSR count). The van der Waals surface area contributed by atoms with E-state index in [0.29, 0.717) is 37.8 Å². The minimum Gasteiger partial charge on any atom is -0.465 e. The van der Waals surface area contributed by atoms with E-state index in [-0.39, 0.29) is 0 Å². The topological polar surface area (TPSA) is 58.6 Å². The molecule has 3 heterocycles. The second-order valence-electron chi connectivity index (χ2n) is 6.84. The third kappa shape index (κ3) is 4.40. The Morgan fingerprint density at radius 3 is 2.63 bits per heavy atom. The zero-order valence-corrected chi connectivity index (χ0v) is 19.2. The zero-order chi connectivity index (χ0) is 21.3. The summed E-state index contributed by atoms with van der Waals surface area (Å²) in [6, 6.07) is 11.8. The van der Waals surface area contributed by atoms with E-state index in [4.69, 9.17) is 27.9 Å². The van der Waals surface area contributed by atoms with E-state index < -0.39 is 11.9 Å². The number of carbonyl (C=O) groups excluding carboxylic acids is 2. The summed E-state index contributed by atoms with van der Waals surface area (Å²) in [5, 5.41) is 3.32. The molecule has 1 aromatic carbocycles. The first kappa shape index (κ1) is 21.3. The van der Waals surface area contributed by atoms with Crippen molar-refractivity contribution in [2.45, 2.75) is 19.5 Å². The van der Waals surface area contributed by atoms with Crippen LogP contribution in [-0.2, 0) is 24.2 Å². The second kappa shape index (κ2) is 9.08. The average Bonchev–Trinajstić information content (AvgIpc) is 3.26. The molecule has 156 valence electrons. The molecule has 0 radical (unpaired) electrons. The fraction of sp³-hybridized carbons (Fsp3) is 0.238. The van der Waals surface area contributed by atoms with Gasteiger partial charge in [0.15, 0.2) is 0 Å². The number of benzene rings is 1. The molecule has 1 aliphatic rings. The van der Waals surface area contributed by atoms with Crippen LogP contribution in [0, 0.1) is 0 Å². The van der Waals surface area contributed by atoms with Crippen LogP contribution in [0.4, 0.5) is 5.00 Å². The van der Waals surface area contributed by atoms with Crippen LogP contribution in [0.2, 0.25) is 8.67 Å². The van der Waals surface area contributed by atoms with Gasteiger partial charge >= 0.3 is 5.97 Å². The molecule has 0 aliphatic carbocycles. The summed E-state index contributed by atoms with van der Waals surface area (Å²) in [5.41, 5.74) is 2.91. The van der Waals surface area contributed by atoms with Crippen molar-refractivity contribution in [1.29, 1.82) is 0 Å². The Morgan fingerprint density at radius 1 is 1.20 bits per heavy atom. The number of nitrogens with one attached hydrogen (secondary N) is 1. The number of hydrogen-bond donors (Lipinski definition) is 1. The van der Waals surface area contributed by atoms with Crippen LogP contribution in [0.25, 0.3) is 0 Å². The predicted octanol–water partition coefficient (Wildman–Crippen LogP) is 5.71. The highest BCUT2D eigenvalue weighted by Gasteiger charge is 2.30. The van der Waals surface area contributed by atoms with Crippen molar-refractivity contribution in [3.05, 3.63) is 72.2 Å². The number of thiophene rings is 2. The van der Waals surface area contributed by atoms with Crippen LogP contribution < -0.4 is 5.32 Å². The highest BCUT2D eigenvalue weighted by atomic mass is 35.5. The van der Waals surface area contributed by atoms with E-state index >= 15 is 0 Å². The maximum Gasteiger partial charge on any atom is 0.341 e. The lowest BCUT2D eigenvalue weighted by Crippen LogP contribution is -2.29. The largest absolute Gasteiger partial charge is 0.465 e. The molecule has 0 fully saturated rings. The standard InChI is InChI=1S/C21H18Cl2N2O3S2/c1-28-21(27)17-13-7-8-25(10-12-5-3-2-4-6-12)11-15(13)29-20(17)24-19(26)14-9-16(22)30-18(14)23/h2-6,9H,7-8,10-11H2,1H3,(H,24,26). The van der Waals surface area contributed by atoms with Gasteiger partial charge in [0.25, 0.3) is 5.91 Å². The minimum atomic E-state index is -0.450. The van der Waals surface area contributed by atoms with Gasteiger partial charge in [-0.25, -0.2) is 4.79 Å². The van der Waals surface area contributed by atoms with E-state index in [9.17, 15) is 9.59 Å². The van der Waals surface area contributed by atoms with Gasteiger partial charge in [-0.15, -0.1) is 22.7 Å². The molecule has 0 atom stereocenters. The SMILES string of the molecule is COC(=O)c1c(NC(=O)c2cc(Cl)sc2Cl)sc2c1CCN(Cc1ccccc1)C2. The maximum atomic E-state index is 12.7. The van der Waals surface area contributed by atoms with Crippen LogP contribution in [0.5, 0.6) is 0 Å². The fourth-order valence-corrected chi connectivity index (χ4v) is 6.24. The molecule has 0 bridgehead atoms. The molecule has 30 heavy (non-hydrogen) atoms. The van der Waals surface area contributed by atoms with Gasteiger partial charge in [0.1, 0.15) is 9.34 Å². The normalized spacial score (nSPS) is 13.7. The van der Waals surface area contributed by atoms with Crippen molar-refractivity contribution in [1.82, 2.24) is 4.90 Å². The Bertz CT molecular complexity index is 1100. The third-order valence-electron chi connectivity index (χ3n) is 4.90. The molecule has 5 nitrogen and oxygen atoms in total. The summed E-state index contributed by atoms with van der Waals surface area (Å²) in [7, 11) is 1.35. The summed E-state index contributed by atoms with van der Waals surface area (Å²) in [5.74, 6) is -0.846. The second-order valence-corrected chi connectivity index (χ2v) is 10.2. The van der Waals surface area contributed by atoms with Crippen molar-refractivity contribution >= 4 is 62.8 Å². The number of methoxy groups -OCH3 is 1. The number of rotatable bonds is 5. The lowest BCUT2D eigenvalue weighted by molar-refractivity contribution is 0.0600. The maximum absolute atomic E-state index is 12.7. The molecule has 0 saturated heterocycles. The monoisotopic (exact) mass is 480 g/mol. The fourth-order valence-electron chi connectivity index (χ4n) is 3.50. The van der Waals surface area contributed by atoms with Crippen molar-refractivity contribution in [3.63, 3.8) is 0 Å². The molecule has 2 aromatic heterocycles. The molecular formula is C21H18Cl2N2O3S2. The highest BCUT2D eigenvalue weighted by molar-refractivity contribution is 7.20. The van der Waals surface area contributed by atoms with Crippen molar-refractivity contribution < 1.29 is 14.3 Å². The predicted molar refractivity (Wildman–Crippen MR) is 122 cm³/mol. The van der Waals surface area contributed by atoms with Crippen LogP contribution in [-0.4, -0.2) is 30.4 Å². The van der Waals surface area contributed by atoms with Crippen LogP contribution >= 0.6 is 45.9 Å². The van der Waals surface area contributed by atoms with E-state index in [1.165, 1.54) is 30.1 Å². The number of amides is 1. The first-order valence-corrected chi connectivity index (χ1v) is 11.6. The first-order chi connectivity index (χ1) is 14.5. The number of fused-ring (bicyclic) bond motifs is 1. The van der Waals surface area contributed by atoms with Crippen LogP contribution in [0.3, 0.4) is 0 Å². The third-order valence-corrected chi connectivity index (χ3v) is 7.52. The Morgan fingerprint density at radius 2 is 1.97 bits per heavy atom. The molecule has 0 unspecified atom stereocenters. The van der Waals surface area contributed by atoms with E-state index in [1.807, 2.05) is 18.2 Å². The van der Waals surface area contributed by atoms with Crippen LogP contribution in [0.1, 0.15) is 36.7 Å². The number of hydrogen-bond acceptors (Lipinski definition) is 6. The van der Waals surface area contributed by atoms with E-state index in [2.05, 4.69) is 22.3 Å². The Balaban J connectivity index is 1.60. The average molecular weight is 481 g/mol. The van der Waals surface area contributed by atoms with Crippen molar-refractivity contribution in [2.24, 2.45) is 0 Å². The molecule has 9 heteroatoms. The van der Waals surface area contributed by atoms with Gasteiger partial charge in [-0.3, -0.25) is 9.69 Å². The van der Waals surface area contributed by atoms with Gasteiger partial charge in [0, 0.05) is 24.5 Å². The molecule has 0 saturated carbocycles. The zero-order valence-electron chi connectivity index (χ0n) is 16.0. The molecule has 1 N–H and O–H groups in total. The van der Waals surface area contributed by atoms with E-state index in [0.717, 1.165) is 34.9 Å². The first-order valence-electron chi connectivity index (χ1n) is 9.21.